The Morgan fingerprint density at radius 2 is 0.894 bits per heavy atom. The average Bonchev–Trinajstić information content (AvgIpc) is 3.35. The summed E-state index contributed by atoms with van der Waals surface area (Å²) < 4.78 is 149. The van der Waals surface area contributed by atoms with Gasteiger partial charge in [-0.3, -0.25) is 0 Å². The van der Waals surface area contributed by atoms with E-state index in [1.165, 1.54) is 36.0 Å². The molecule has 0 N–H and O–H groups in total. The molecule has 0 nitrogen and oxygen atoms in total. The number of halogens is 10. The molecule has 1 radical (unpaired) electrons. The molecule has 0 fully saturated rings. The van der Waals surface area contributed by atoms with Crippen LogP contribution in [0.4, 0.5) is 43.9 Å². The van der Waals surface area contributed by atoms with E-state index in [0.717, 1.165) is 17.3 Å². The standard InChI is InChI=1S/C35H16BF10Si/c1-47(16-10-6-3-7-11-16)14-19-22(24-28(39)32(43)35(46)33(44)29(24)40)21-18(25(19)36)13-12-17(20(21)15-8-4-2-5-9-15)23-26(37)30(41)34(45)31(42)27(23)38/h2-14H,1H3. The minimum absolute atomic E-state index is 0.0375. The summed E-state index contributed by atoms with van der Waals surface area (Å²) in [6.07, 6.45) is 0. The maximum atomic E-state index is 15.7. The Bertz CT molecular complexity index is 2150. The summed E-state index contributed by atoms with van der Waals surface area (Å²) in [7, 11) is 4.72. The fourth-order valence-corrected chi connectivity index (χ4v) is 7.31. The van der Waals surface area contributed by atoms with Crippen molar-refractivity contribution in [2.24, 2.45) is 0 Å². The van der Waals surface area contributed by atoms with Crippen LogP contribution in [0.15, 0.2) is 78.4 Å². The SMILES string of the molecule is [B]=C1C(C=[Si](C)c2ccccc2)=C(c2c(F)c(F)c(F)c(F)c2F)c2c1ccc(-c1c(F)c(F)c(F)c(F)c1F)c2-c1ccccc1. The second-order valence-corrected chi connectivity index (χ2v) is 12.8. The summed E-state index contributed by atoms with van der Waals surface area (Å²) >= 11 is 0. The summed E-state index contributed by atoms with van der Waals surface area (Å²) in [5.41, 5.74) is -3.46. The summed E-state index contributed by atoms with van der Waals surface area (Å²) in [5, 5.41) is 0.774. The number of hydrogen-bond acceptors (Lipinski definition) is 0. The normalized spacial score (nSPS) is 13.1. The number of fused-ring (bicyclic) bond motifs is 1. The van der Waals surface area contributed by atoms with Crippen LogP contribution in [0.3, 0.4) is 0 Å². The summed E-state index contributed by atoms with van der Waals surface area (Å²) in [6, 6.07) is 18.1. The van der Waals surface area contributed by atoms with E-state index in [2.05, 4.69) is 0 Å². The molecule has 0 atom stereocenters. The van der Waals surface area contributed by atoms with Crippen molar-refractivity contribution in [3.05, 3.63) is 153 Å². The molecule has 0 spiro atoms. The molecule has 1 aliphatic rings. The van der Waals surface area contributed by atoms with Gasteiger partial charge in [-0.15, -0.1) is 0 Å². The summed E-state index contributed by atoms with van der Waals surface area (Å²) in [5.74, 6) is -22.7. The first-order valence-electron chi connectivity index (χ1n) is 13.7. The first-order valence-corrected chi connectivity index (χ1v) is 15.8. The zero-order chi connectivity index (χ0) is 33.9. The van der Waals surface area contributed by atoms with Crippen LogP contribution in [-0.2, 0) is 0 Å². The number of hydrogen-bond donors (Lipinski definition) is 0. The van der Waals surface area contributed by atoms with Gasteiger partial charge in [0.25, 0.3) is 0 Å². The van der Waals surface area contributed by atoms with Gasteiger partial charge in [0.05, 0.1) is 0 Å². The molecule has 1 aliphatic carbocycles. The van der Waals surface area contributed by atoms with Crippen LogP contribution < -0.4 is 5.19 Å². The fraction of sp³-hybridized carbons (Fsp3) is 0.0286. The van der Waals surface area contributed by atoms with Gasteiger partial charge in [0.1, 0.15) is 0 Å². The van der Waals surface area contributed by atoms with Gasteiger partial charge < -0.3 is 0 Å². The molecule has 5 aromatic carbocycles. The van der Waals surface area contributed by atoms with Crippen LogP contribution in [0.2, 0.25) is 6.55 Å². The maximum absolute atomic E-state index is 15.7. The Balaban J connectivity index is 1.83. The zero-order valence-corrected chi connectivity index (χ0v) is 24.9. The molecule has 0 unspecified atom stereocenters. The van der Waals surface area contributed by atoms with Crippen molar-refractivity contribution >= 4 is 37.8 Å². The van der Waals surface area contributed by atoms with Crippen molar-refractivity contribution in [1.82, 2.24) is 0 Å². The third kappa shape index (κ3) is 5.02. The molecule has 0 amide bonds. The third-order valence-electron chi connectivity index (χ3n) is 7.90. The Morgan fingerprint density at radius 1 is 0.468 bits per heavy atom. The minimum atomic E-state index is -2.42. The van der Waals surface area contributed by atoms with E-state index < -0.39 is 88.8 Å². The molecular weight excluding hydrogens is 649 g/mol. The van der Waals surface area contributed by atoms with Crippen molar-refractivity contribution in [3.63, 3.8) is 0 Å². The molecule has 0 saturated heterocycles. The first-order chi connectivity index (χ1) is 22.4. The van der Waals surface area contributed by atoms with Crippen LogP contribution in [0.25, 0.3) is 27.8 Å². The van der Waals surface area contributed by atoms with Gasteiger partial charge in [0.15, 0.2) is 0 Å². The van der Waals surface area contributed by atoms with Crippen LogP contribution >= 0.6 is 0 Å². The Morgan fingerprint density at radius 3 is 1.40 bits per heavy atom. The molecule has 0 heterocycles. The van der Waals surface area contributed by atoms with Crippen molar-refractivity contribution in [3.8, 4) is 22.3 Å². The predicted octanol–water partition coefficient (Wildman–Crippen LogP) is 8.33. The molecule has 233 valence electrons. The van der Waals surface area contributed by atoms with E-state index in [9.17, 15) is 26.3 Å². The molecule has 0 saturated carbocycles. The quantitative estimate of drug-likeness (QED) is 0.0767. The number of benzene rings is 5. The van der Waals surface area contributed by atoms with Crippen molar-refractivity contribution in [1.29, 1.82) is 0 Å². The van der Waals surface area contributed by atoms with Crippen LogP contribution in [0.1, 0.15) is 16.7 Å². The van der Waals surface area contributed by atoms with Gasteiger partial charge in [-0.25, -0.2) is 0 Å². The molecule has 0 aliphatic heterocycles. The summed E-state index contributed by atoms with van der Waals surface area (Å²) in [6.45, 7) is 1.78. The van der Waals surface area contributed by atoms with E-state index in [1.807, 2.05) is 0 Å². The third-order valence-corrected chi connectivity index (χ3v) is 9.86. The fourth-order valence-electron chi connectivity index (χ4n) is 5.69. The van der Waals surface area contributed by atoms with Gasteiger partial charge in [0, 0.05) is 0 Å². The first kappa shape index (κ1) is 32.1. The van der Waals surface area contributed by atoms with Crippen LogP contribution in [-0.4, -0.2) is 27.0 Å². The van der Waals surface area contributed by atoms with Crippen molar-refractivity contribution in [2.45, 2.75) is 6.55 Å². The monoisotopic (exact) mass is 665 g/mol. The topological polar surface area (TPSA) is 0 Å². The van der Waals surface area contributed by atoms with Crippen LogP contribution in [0.5, 0.6) is 0 Å². The molecule has 47 heavy (non-hydrogen) atoms. The van der Waals surface area contributed by atoms with E-state index in [1.54, 1.807) is 36.9 Å². The van der Waals surface area contributed by atoms with Gasteiger partial charge in [0.2, 0.25) is 0 Å². The van der Waals surface area contributed by atoms with Crippen molar-refractivity contribution < 1.29 is 43.9 Å². The Kier molecular flexibility index (Phi) is 8.25. The molecule has 12 heteroatoms. The van der Waals surface area contributed by atoms with E-state index >= 15 is 17.6 Å². The van der Waals surface area contributed by atoms with Gasteiger partial charge in [-0.05, 0) is 0 Å². The zero-order valence-electron chi connectivity index (χ0n) is 23.9. The molecule has 0 aromatic heterocycles. The predicted molar refractivity (Wildman–Crippen MR) is 163 cm³/mol. The average molecular weight is 665 g/mol. The number of rotatable bonds is 5. The Labute approximate surface area is 263 Å². The van der Waals surface area contributed by atoms with Gasteiger partial charge in [-0.2, -0.15) is 0 Å². The molecule has 6 rings (SSSR count). The molecule has 0 bridgehead atoms. The van der Waals surface area contributed by atoms with Crippen molar-refractivity contribution in [2.75, 3.05) is 0 Å². The van der Waals surface area contributed by atoms with Gasteiger partial charge >= 0.3 is 264 Å². The Hall–Kier alpha value is -4.84. The van der Waals surface area contributed by atoms with E-state index in [4.69, 9.17) is 7.49 Å². The number of allylic oxidation sites excluding steroid dienone is 1. The second-order valence-electron chi connectivity index (χ2n) is 10.6. The van der Waals surface area contributed by atoms with E-state index in [0.29, 0.717) is 0 Å². The summed E-state index contributed by atoms with van der Waals surface area (Å²) in [4.78, 5) is 0. The van der Waals surface area contributed by atoms with Crippen LogP contribution in [0, 0.1) is 58.2 Å². The molecule has 5 aromatic rings. The van der Waals surface area contributed by atoms with Gasteiger partial charge in [-0.1, -0.05) is 0 Å². The molecular formula is C35H16BF10Si. The van der Waals surface area contributed by atoms with E-state index in [-0.39, 0.29) is 33.3 Å². The second kappa shape index (κ2) is 12.1.